The molecular formula is C32H51N5O4. The minimum Gasteiger partial charge on any atom is -0.446 e. The van der Waals surface area contributed by atoms with E-state index in [0.717, 1.165) is 82.8 Å². The number of aryl methyl sites for hydroxylation is 2. The molecule has 4 fully saturated rings. The lowest BCUT2D eigenvalue weighted by molar-refractivity contribution is -0.0629. The fraction of sp³-hybridized carbons (Fsp3) is 0.812. The van der Waals surface area contributed by atoms with E-state index in [9.17, 15) is 9.59 Å². The fourth-order valence-corrected chi connectivity index (χ4v) is 7.86. The van der Waals surface area contributed by atoms with E-state index in [1.54, 1.807) is 0 Å². The van der Waals surface area contributed by atoms with Crippen molar-refractivity contribution in [3.05, 3.63) is 23.3 Å². The summed E-state index contributed by atoms with van der Waals surface area (Å²) in [6.07, 6.45) is 12.1. The highest BCUT2D eigenvalue weighted by molar-refractivity contribution is 5.96. The zero-order chi connectivity index (χ0) is 29.0. The number of rotatable bonds is 6. The van der Waals surface area contributed by atoms with Gasteiger partial charge in [0.2, 0.25) is 0 Å². The molecule has 0 radical (unpaired) electrons. The van der Waals surface area contributed by atoms with Crippen LogP contribution in [0.4, 0.5) is 4.79 Å². The lowest BCUT2D eigenvalue weighted by Gasteiger charge is -2.56. The molecule has 1 aromatic heterocycles. The van der Waals surface area contributed by atoms with Crippen molar-refractivity contribution in [3.63, 3.8) is 0 Å². The van der Waals surface area contributed by atoms with E-state index in [1.807, 2.05) is 23.6 Å². The van der Waals surface area contributed by atoms with Gasteiger partial charge in [0.15, 0.2) is 0 Å². The molecule has 228 valence electrons. The van der Waals surface area contributed by atoms with Crippen LogP contribution in [0.3, 0.4) is 0 Å². The first-order valence-electron chi connectivity index (χ1n) is 16.1. The van der Waals surface area contributed by atoms with E-state index in [2.05, 4.69) is 28.7 Å². The molecule has 0 aliphatic carbocycles. The Morgan fingerprint density at radius 2 is 1.56 bits per heavy atom. The number of carbonyl (C=O) groups is 2. The highest BCUT2D eigenvalue weighted by Gasteiger charge is 2.48. The molecule has 9 nitrogen and oxygen atoms in total. The Hall–Kier alpha value is -2.26. The van der Waals surface area contributed by atoms with E-state index in [1.165, 1.54) is 38.4 Å². The summed E-state index contributed by atoms with van der Waals surface area (Å²) in [6, 6.07) is 0. The van der Waals surface area contributed by atoms with Crippen LogP contribution in [0, 0.1) is 25.2 Å². The van der Waals surface area contributed by atoms with E-state index in [-0.39, 0.29) is 23.6 Å². The summed E-state index contributed by atoms with van der Waals surface area (Å²) >= 11 is 0. The molecule has 1 unspecified atom stereocenters. The summed E-state index contributed by atoms with van der Waals surface area (Å²) in [6.45, 7) is 15.2. The van der Waals surface area contributed by atoms with Crippen LogP contribution in [0.25, 0.3) is 0 Å². The maximum atomic E-state index is 13.3. The third-order valence-electron chi connectivity index (χ3n) is 10.9. The minimum absolute atomic E-state index is 0.000922. The normalized spacial score (nSPS) is 25.3. The summed E-state index contributed by atoms with van der Waals surface area (Å²) in [5.74, 6) is 0.605. The molecule has 5 heterocycles. The topological polar surface area (TPSA) is 88.1 Å². The number of likely N-dealkylation sites (tertiary alicyclic amines) is 3. The largest absolute Gasteiger partial charge is 0.446 e. The quantitative estimate of drug-likeness (QED) is 0.477. The van der Waals surface area contributed by atoms with Gasteiger partial charge in [-0.15, -0.1) is 0 Å². The van der Waals surface area contributed by atoms with Crippen LogP contribution in [0.1, 0.15) is 99.8 Å². The summed E-state index contributed by atoms with van der Waals surface area (Å²) in [4.78, 5) is 41.7. The number of unbranched alkanes of at least 4 members (excludes halogenated alkanes) is 1. The lowest BCUT2D eigenvalue weighted by Crippen LogP contribution is -2.60. The second-order valence-electron chi connectivity index (χ2n) is 13.3. The van der Waals surface area contributed by atoms with Gasteiger partial charge in [-0.25, -0.2) is 14.8 Å². The van der Waals surface area contributed by atoms with Crippen molar-refractivity contribution in [2.45, 2.75) is 104 Å². The molecule has 41 heavy (non-hydrogen) atoms. The number of amides is 2. The van der Waals surface area contributed by atoms with Gasteiger partial charge in [0.05, 0.1) is 30.2 Å². The Balaban J connectivity index is 1.17. The Morgan fingerprint density at radius 1 is 0.951 bits per heavy atom. The third kappa shape index (κ3) is 6.56. The van der Waals surface area contributed by atoms with Crippen molar-refractivity contribution in [2.24, 2.45) is 11.3 Å². The Labute approximate surface area is 246 Å². The second kappa shape index (κ2) is 12.9. The van der Waals surface area contributed by atoms with Crippen molar-refractivity contribution in [1.29, 1.82) is 0 Å². The second-order valence-corrected chi connectivity index (χ2v) is 13.3. The van der Waals surface area contributed by atoms with Gasteiger partial charge in [-0.1, -0.05) is 19.8 Å². The number of carbonyl (C=O) groups excluding carboxylic acids is 2. The van der Waals surface area contributed by atoms with Crippen LogP contribution in [-0.4, -0.2) is 101 Å². The predicted octanol–water partition coefficient (Wildman–Crippen LogP) is 5.00. The van der Waals surface area contributed by atoms with Crippen molar-refractivity contribution in [3.8, 4) is 0 Å². The first-order valence-corrected chi connectivity index (χ1v) is 16.1. The van der Waals surface area contributed by atoms with Gasteiger partial charge < -0.3 is 19.3 Å². The van der Waals surface area contributed by atoms with Gasteiger partial charge in [-0.3, -0.25) is 9.69 Å². The Bertz CT molecular complexity index is 1040. The van der Waals surface area contributed by atoms with Crippen LogP contribution >= 0.6 is 0 Å². The standard InChI is InChI=1S/C32H51N5O4/c1-5-6-7-26-22-36(30(39)41-27-8-20-40-21-9-27)17-12-32(26)13-18-37(19-14-32)31(4)10-15-35(16-11-31)29(38)28-24(2)33-23-34-25(28)3/h23,26-27H,5-22H2,1-4H3. The zero-order valence-corrected chi connectivity index (χ0v) is 25.8. The minimum atomic E-state index is -0.119. The molecule has 0 N–H and O–H groups in total. The number of ether oxygens (including phenoxy) is 2. The fourth-order valence-electron chi connectivity index (χ4n) is 7.86. The monoisotopic (exact) mass is 569 g/mol. The molecule has 1 atom stereocenters. The molecule has 4 aliphatic rings. The van der Waals surface area contributed by atoms with Crippen LogP contribution in [0.15, 0.2) is 6.33 Å². The van der Waals surface area contributed by atoms with Crippen molar-refractivity contribution in [1.82, 2.24) is 24.7 Å². The molecule has 0 aromatic carbocycles. The summed E-state index contributed by atoms with van der Waals surface area (Å²) in [5.41, 5.74) is 2.62. The molecular weight excluding hydrogens is 518 g/mol. The van der Waals surface area contributed by atoms with E-state index in [4.69, 9.17) is 9.47 Å². The molecule has 0 saturated carbocycles. The summed E-state index contributed by atoms with van der Waals surface area (Å²) in [5, 5.41) is 0. The van der Waals surface area contributed by atoms with Crippen LogP contribution in [0.5, 0.6) is 0 Å². The molecule has 1 aromatic rings. The maximum absolute atomic E-state index is 13.3. The van der Waals surface area contributed by atoms with Crippen LogP contribution < -0.4 is 0 Å². The Kier molecular flexibility index (Phi) is 9.53. The molecule has 4 aliphatic heterocycles. The number of hydrogen-bond acceptors (Lipinski definition) is 7. The number of hydrogen-bond donors (Lipinski definition) is 0. The SMILES string of the molecule is CCCCC1CN(C(=O)OC2CCOCC2)CCC12CCN(C1(C)CCN(C(=O)c3c(C)ncnc3C)CC1)CC2. The van der Waals surface area contributed by atoms with Gasteiger partial charge in [0.25, 0.3) is 5.91 Å². The molecule has 4 saturated heterocycles. The zero-order valence-electron chi connectivity index (χ0n) is 25.8. The van der Waals surface area contributed by atoms with Crippen molar-refractivity contribution < 1.29 is 19.1 Å². The van der Waals surface area contributed by atoms with Gasteiger partial charge >= 0.3 is 6.09 Å². The third-order valence-corrected chi connectivity index (χ3v) is 10.9. The first kappa shape index (κ1) is 30.2. The average molecular weight is 570 g/mol. The average Bonchev–Trinajstić information content (AvgIpc) is 2.98. The molecule has 2 amide bonds. The van der Waals surface area contributed by atoms with Gasteiger partial charge in [0.1, 0.15) is 12.4 Å². The van der Waals surface area contributed by atoms with E-state index >= 15 is 0 Å². The first-order chi connectivity index (χ1) is 19.7. The van der Waals surface area contributed by atoms with Gasteiger partial charge in [-0.05, 0) is 83.7 Å². The number of aromatic nitrogens is 2. The molecule has 5 rings (SSSR count). The maximum Gasteiger partial charge on any atom is 0.410 e. The highest BCUT2D eigenvalue weighted by atomic mass is 16.6. The van der Waals surface area contributed by atoms with E-state index < -0.39 is 0 Å². The Morgan fingerprint density at radius 3 is 2.20 bits per heavy atom. The van der Waals surface area contributed by atoms with Crippen LogP contribution in [-0.2, 0) is 9.47 Å². The lowest BCUT2D eigenvalue weighted by atomic mass is 9.62. The summed E-state index contributed by atoms with van der Waals surface area (Å²) in [7, 11) is 0. The molecule has 9 heteroatoms. The molecule has 0 bridgehead atoms. The number of piperidine rings is 3. The molecule has 1 spiro atoms. The van der Waals surface area contributed by atoms with Gasteiger partial charge in [0, 0.05) is 44.6 Å². The van der Waals surface area contributed by atoms with Crippen molar-refractivity contribution >= 4 is 12.0 Å². The number of nitrogens with zero attached hydrogens (tertiary/aromatic N) is 5. The van der Waals surface area contributed by atoms with E-state index in [0.29, 0.717) is 30.1 Å². The van der Waals surface area contributed by atoms with Crippen molar-refractivity contribution in [2.75, 3.05) is 52.5 Å². The highest BCUT2D eigenvalue weighted by Crippen LogP contribution is 2.49. The van der Waals surface area contributed by atoms with Gasteiger partial charge in [-0.2, -0.15) is 0 Å². The summed E-state index contributed by atoms with van der Waals surface area (Å²) < 4.78 is 11.3. The predicted molar refractivity (Wildman–Crippen MR) is 158 cm³/mol. The smallest absolute Gasteiger partial charge is 0.410 e. The van der Waals surface area contributed by atoms with Crippen LogP contribution in [0.2, 0.25) is 0 Å².